The Morgan fingerprint density at radius 2 is 2.10 bits per heavy atom. The molecule has 10 heteroatoms. The van der Waals surface area contributed by atoms with Crippen LogP contribution in [0.1, 0.15) is 23.9 Å². The fourth-order valence-corrected chi connectivity index (χ4v) is 3.77. The molecule has 4 aromatic rings. The number of amides is 1. The molecular weight excluding hydrogens is 426 g/mol. The van der Waals surface area contributed by atoms with Gasteiger partial charge in [0, 0.05) is 30.9 Å². The molecule has 0 unspecified atom stereocenters. The van der Waals surface area contributed by atoms with Gasteiger partial charge in [0.2, 0.25) is 5.91 Å². The minimum atomic E-state index is -0.593. The van der Waals surface area contributed by atoms with Gasteiger partial charge < -0.3 is 14.3 Å². The second-order valence-electron chi connectivity index (χ2n) is 6.57. The van der Waals surface area contributed by atoms with Crippen LogP contribution in [0.2, 0.25) is 5.02 Å². The molecule has 30 heavy (non-hydrogen) atoms. The molecule has 0 saturated heterocycles. The van der Waals surface area contributed by atoms with Crippen LogP contribution in [-0.4, -0.2) is 25.2 Å². The van der Waals surface area contributed by atoms with Crippen LogP contribution in [-0.2, 0) is 18.4 Å². The molecule has 0 fully saturated rings. The molecule has 0 bridgehead atoms. The van der Waals surface area contributed by atoms with Crippen molar-refractivity contribution >= 4 is 28.8 Å². The van der Waals surface area contributed by atoms with Gasteiger partial charge in [-0.05, 0) is 29.1 Å². The molecule has 0 aliphatic rings. The van der Waals surface area contributed by atoms with E-state index in [0.717, 1.165) is 15.1 Å². The van der Waals surface area contributed by atoms with Gasteiger partial charge in [0.15, 0.2) is 0 Å². The Morgan fingerprint density at radius 3 is 2.77 bits per heavy atom. The summed E-state index contributed by atoms with van der Waals surface area (Å²) in [5.41, 5.74) is 0.848. The molecule has 0 spiro atoms. The topological polar surface area (TPSA) is 95.0 Å². The molecular formula is C20H18ClN5O3S. The maximum Gasteiger partial charge on any atom is 0.437 e. The van der Waals surface area contributed by atoms with E-state index in [-0.39, 0.29) is 24.8 Å². The van der Waals surface area contributed by atoms with E-state index in [0.29, 0.717) is 10.8 Å². The number of nitrogens with one attached hydrogen (secondary N) is 1. The van der Waals surface area contributed by atoms with Crippen molar-refractivity contribution in [2.45, 2.75) is 19.0 Å². The van der Waals surface area contributed by atoms with E-state index < -0.39 is 11.8 Å². The average Bonchev–Trinajstić information content (AvgIpc) is 3.47. The number of aromatic nitrogens is 4. The third kappa shape index (κ3) is 4.37. The zero-order chi connectivity index (χ0) is 21.1. The van der Waals surface area contributed by atoms with Crippen LogP contribution >= 0.6 is 22.9 Å². The Hall–Kier alpha value is -3.17. The SMILES string of the molecule is Cn1ccnc1[C@@H](NC(=O)CCn1nc(-c2cccs2)oc1=O)c1ccc(Cl)cc1. The van der Waals surface area contributed by atoms with Crippen LogP contribution in [0.25, 0.3) is 10.8 Å². The lowest BCUT2D eigenvalue weighted by Crippen LogP contribution is -2.32. The van der Waals surface area contributed by atoms with Crippen LogP contribution in [0, 0.1) is 0 Å². The summed E-state index contributed by atoms with van der Waals surface area (Å²) < 4.78 is 8.18. The number of imidazole rings is 1. The summed E-state index contributed by atoms with van der Waals surface area (Å²) in [6, 6.07) is 10.4. The van der Waals surface area contributed by atoms with E-state index in [1.165, 1.54) is 11.3 Å². The Morgan fingerprint density at radius 1 is 1.30 bits per heavy atom. The molecule has 0 aliphatic heterocycles. The molecule has 3 heterocycles. The van der Waals surface area contributed by atoms with E-state index in [4.69, 9.17) is 16.0 Å². The number of benzene rings is 1. The predicted octanol–water partition coefficient (Wildman–Crippen LogP) is 3.25. The van der Waals surface area contributed by atoms with Gasteiger partial charge in [0.05, 0.1) is 11.4 Å². The van der Waals surface area contributed by atoms with Crippen molar-refractivity contribution in [3.05, 3.63) is 81.1 Å². The number of halogens is 1. The van der Waals surface area contributed by atoms with Gasteiger partial charge >= 0.3 is 5.76 Å². The van der Waals surface area contributed by atoms with Gasteiger partial charge in [-0.2, -0.15) is 4.68 Å². The fraction of sp³-hybridized carbons (Fsp3) is 0.200. The Kier molecular flexibility index (Phi) is 5.82. The quantitative estimate of drug-likeness (QED) is 0.473. The average molecular weight is 444 g/mol. The first-order chi connectivity index (χ1) is 14.5. The monoisotopic (exact) mass is 443 g/mol. The molecule has 3 aromatic heterocycles. The summed E-state index contributed by atoms with van der Waals surface area (Å²) in [5, 5.41) is 9.63. The molecule has 0 radical (unpaired) electrons. The molecule has 1 amide bonds. The van der Waals surface area contributed by atoms with Crippen molar-refractivity contribution in [1.29, 1.82) is 0 Å². The third-order valence-electron chi connectivity index (χ3n) is 4.51. The molecule has 0 aliphatic carbocycles. The normalized spacial score (nSPS) is 12.1. The van der Waals surface area contributed by atoms with Gasteiger partial charge in [0.25, 0.3) is 5.89 Å². The second-order valence-corrected chi connectivity index (χ2v) is 7.96. The highest BCUT2D eigenvalue weighted by Crippen LogP contribution is 2.23. The predicted molar refractivity (Wildman–Crippen MR) is 113 cm³/mol. The van der Waals surface area contributed by atoms with Crippen molar-refractivity contribution < 1.29 is 9.21 Å². The van der Waals surface area contributed by atoms with E-state index in [2.05, 4.69) is 15.4 Å². The summed E-state index contributed by atoms with van der Waals surface area (Å²) in [5.74, 6) is 0.0989. The lowest BCUT2D eigenvalue weighted by Gasteiger charge is -2.19. The highest BCUT2D eigenvalue weighted by molar-refractivity contribution is 7.13. The minimum absolute atomic E-state index is 0.0604. The van der Waals surface area contributed by atoms with Crippen molar-refractivity contribution in [2.75, 3.05) is 0 Å². The molecule has 1 N–H and O–H groups in total. The molecule has 0 saturated carbocycles. The number of rotatable bonds is 7. The van der Waals surface area contributed by atoms with E-state index in [1.807, 2.05) is 47.5 Å². The van der Waals surface area contributed by atoms with Gasteiger partial charge in [0.1, 0.15) is 11.9 Å². The summed E-state index contributed by atoms with van der Waals surface area (Å²) in [6.45, 7) is 0.105. The van der Waals surface area contributed by atoms with Gasteiger partial charge in [-0.15, -0.1) is 16.4 Å². The Labute approximate surface area is 180 Å². The first-order valence-electron chi connectivity index (χ1n) is 9.15. The number of carbonyl (C=O) groups is 1. The van der Waals surface area contributed by atoms with Gasteiger partial charge in [-0.25, -0.2) is 9.78 Å². The van der Waals surface area contributed by atoms with E-state index >= 15 is 0 Å². The number of thiophene rings is 1. The summed E-state index contributed by atoms with van der Waals surface area (Å²) in [4.78, 5) is 29.8. The molecule has 8 nitrogen and oxygen atoms in total. The highest BCUT2D eigenvalue weighted by atomic mass is 35.5. The number of hydrogen-bond acceptors (Lipinski definition) is 6. The van der Waals surface area contributed by atoms with Crippen molar-refractivity contribution in [3.63, 3.8) is 0 Å². The number of nitrogens with zero attached hydrogens (tertiary/aromatic N) is 4. The summed E-state index contributed by atoms with van der Waals surface area (Å²) in [7, 11) is 1.86. The van der Waals surface area contributed by atoms with Crippen LogP contribution in [0.5, 0.6) is 0 Å². The molecule has 4 rings (SSSR count). The Bertz CT molecular complexity index is 1190. The zero-order valence-corrected chi connectivity index (χ0v) is 17.6. The van der Waals surface area contributed by atoms with Crippen molar-refractivity contribution in [1.82, 2.24) is 24.6 Å². The second kappa shape index (κ2) is 8.68. The smallest absolute Gasteiger partial charge is 0.387 e. The third-order valence-corrected chi connectivity index (χ3v) is 5.62. The van der Waals surface area contributed by atoms with Crippen molar-refractivity contribution in [3.8, 4) is 10.8 Å². The van der Waals surface area contributed by atoms with Crippen LogP contribution < -0.4 is 11.1 Å². The van der Waals surface area contributed by atoms with Crippen LogP contribution in [0.4, 0.5) is 0 Å². The molecule has 1 atom stereocenters. The lowest BCUT2D eigenvalue weighted by atomic mass is 10.1. The molecule has 154 valence electrons. The van der Waals surface area contributed by atoms with Crippen LogP contribution in [0.3, 0.4) is 0 Å². The van der Waals surface area contributed by atoms with Crippen molar-refractivity contribution in [2.24, 2.45) is 7.05 Å². The highest BCUT2D eigenvalue weighted by Gasteiger charge is 2.21. The van der Waals surface area contributed by atoms with E-state index in [1.54, 1.807) is 18.3 Å². The summed E-state index contributed by atoms with van der Waals surface area (Å²) in [6.07, 6.45) is 3.54. The Balaban J connectivity index is 1.48. The van der Waals surface area contributed by atoms with Crippen LogP contribution in [0.15, 0.2) is 63.4 Å². The first kappa shape index (κ1) is 20.1. The largest absolute Gasteiger partial charge is 0.437 e. The lowest BCUT2D eigenvalue weighted by molar-refractivity contribution is -0.121. The van der Waals surface area contributed by atoms with Gasteiger partial charge in [-0.3, -0.25) is 4.79 Å². The number of aryl methyl sites for hydroxylation is 2. The number of carbonyl (C=O) groups excluding carboxylic acids is 1. The fourth-order valence-electron chi connectivity index (χ4n) is 3.00. The summed E-state index contributed by atoms with van der Waals surface area (Å²) >= 11 is 7.42. The van der Waals surface area contributed by atoms with Gasteiger partial charge in [-0.1, -0.05) is 29.8 Å². The molecule has 1 aromatic carbocycles. The number of hydrogen-bond donors (Lipinski definition) is 1. The van der Waals surface area contributed by atoms with E-state index in [9.17, 15) is 9.59 Å². The maximum atomic E-state index is 12.7. The standard InChI is InChI=1S/C20H18ClN5O3S/c1-25-11-9-22-18(25)17(13-4-6-14(21)7-5-13)23-16(27)8-10-26-20(28)29-19(24-26)15-3-2-12-30-15/h2-7,9,11-12,17H,8,10H2,1H3,(H,23,27)/t17-/m0/s1. The minimum Gasteiger partial charge on any atom is -0.387 e. The zero-order valence-electron chi connectivity index (χ0n) is 16.0. The maximum absolute atomic E-state index is 12.7. The first-order valence-corrected chi connectivity index (χ1v) is 10.4.